The second-order valence-corrected chi connectivity index (χ2v) is 21.6. The number of nitrogens with zero attached hydrogens (tertiary/aromatic N) is 6. The number of nitrogens with one attached hydrogen (secondary N) is 1. The van der Waals surface area contributed by atoms with E-state index in [0.717, 1.165) is 74.9 Å². The molecule has 3 amide bonds. The molecule has 2 aromatic heterocycles. The van der Waals surface area contributed by atoms with E-state index in [9.17, 15) is 29.0 Å². The van der Waals surface area contributed by atoms with Gasteiger partial charge in [0.05, 0.1) is 23.6 Å². The number of piperidine rings is 2. The van der Waals surface area contributed by atoms with E-state index in [4.69, 9.17) is 19.3 Å². The number of hydrogen-bond acceptors (Lipinski definition) is 13. The summed E-state index contributed by atoms with van der Waals surface area (Å²) in [6.07, 6.45) is 14.5. The van der Waals surface area contributed by atoms with Gasteiger partial charge in [-0.2, -0.15) is 9.97 Å². The van der Waals surface area contributed by atoms with Crippen molar-refractivity contribution in [3.05, 3.63) is 77.0 Å². The number of halogens is 2. The van der Waals surface area contributed by atoms with Crippen LogP contribution in [0.3, 0.4) is 0 Å². The Hall–Kier alpha value is -6.17. The third-order valence-corrected chi connectivity index (χ3v) is 16.4. The first kappa shape index (κ1) is 63.0. The van der Waals surface area contributed by atoms with Gasteiger partial charge in [0, 0.05) is 56.5 Å². The van der Waals surface area contributed by atoms with Crippen LogP contribution in [-0.2, 0) is 30.3 Å². The van der Waals surface area contributed by atoms with Crippen LogP contribution < -0.4 is 19.9 Å². The number of anilines is 2. The molecular weight excluding hydrogens is 1020 g/mol. The van der Waals surface area contributed by atoms with Gasteiger partial charge in [-0.25, -0.2) is 8.78 Å². The lowest BCUT2D eigenvalue weighted by molar-refractivity contribution is -0.135. The number of phenolic OH excluding ortho intramolecular Hbond substituents is 1. The van der Waals surface area contributed by atoms with Gasteiger partial charge in [-0.15, -0.1) is 0 Å². The largest absolute Gasteiger partial charge is 0.508 e. The maximum absolute atomic E-state index is 16.8. The number of aryl methyl sites for hydroxylation is 2. The zero-order valence-corrected chi connectivity index (χ0v) is 49.0. The second-order valence-electron chi connectivity index (χ2n) is 21.6. The Balaban J connectivity index is 0.000000257. The number of fused-ring (bicyclic) bond motifs is 3. The van der Waals surface area contributed by atoms with Crippen LogP contribution >= 0.6 is 0 Å². The molecule has 5 aromatic rings. The van der Waals surface area contributed by atoms with Gasteiger partial charge in [0.15, 0.2) is 5.82 Å². The highest BCUT2D eigenvalue weighted by molar-refractivity contribution is 6.07. The molecule has 0 saturated carbocycles. The highest BCUT2D eigenvalue weighted by atomic mass is 19.1. The van der Waals surface area contributed by atoms with Crippen molar-refractivity contribution >= 4 is 57.2 Å². The third kappa shape index (κ3) is 14.5. The standard InChI is InChI=1S/C34H39F2N5O4.C25H38N2O3.C2H4O.C2H6/c1-3-24-27(35)8-7-20-14-23(43)15-25(28(20)24)30-29(36)31-26(16-37-30)32(40-12-4-6-22(42)17-40)39-33(38-31)45-19-34-10-5-13-41(34)21(9-11-34)18-44-2;1-6-9-19(11-10-17(4)7-2)20-12-13-21(18(5)16-20)27(24(29)8-3)22-14-15-23(28)26-25(22)30;1-2-3;1-2/h7-8,14-16,21-22,42-43H,3-6,9-13,17-19H2,1-2H3;12-13,16-17,19,22H,6-11,14-15H2,1-5H3,(H,26,28,30);2H,1H3;1-2H3. The molecule has 0 spiro atoms. The Morgan fingerprint density at radius 2 is 1.75 bits per heavy atom. The molecule has 4 aliphatic heterocycles. The van der Waals surface area contributed by atoms with Crippen LogP contribution in [0.2, 0.25) is 0 Å². The molecule has 15 nitrogen and oxygen atoms in total. The Morgan fingerprint density at radius 3 is 2.41 bits per heavy atom. The molecule has 6 atom stereocenters. The summed E-state index contributed by atoms with van der Waals surface area (Å²) in [5, 5.41) is 24.9. The number of phenols is 1. The Bertz CT molecular complexity index is 2920. The number of hydrogen-bond donors (Lipinski definition) is 3. The number of methoxy groups -OCH3 is 1. The molecule has 3 aromatic carbocycles. The second kappa shape index (κ2) is 29.5. The molecule has 9 rings (SSSR count). The number of carbonyl (C=O) groups excluding carboxylic acids is 4. The minimum Gasteiger partial charge on any atom is -0.508 e. The molecule has 6 unspecified atom stereocenters. The van der Waals surface area contributed by atoms with E-state index in [1.165, 1.54) is 56.1 Å². The maximum atomic E-state index is 16.8. The van der Waals surface area contributed by atoms with Crippen LogP contribution in [0.1, 0.15) is 168 Å². The molecule has 4 saturated heterocycles. The van der Waals surface area contributed by atoms with Gasteiger partial charge >= 0.3 is 6.01 Å². The number of ether oxygens (including phenoxy) is 2. The molecule has 17 heteroatoms. The van der Waals surface area contributed by atoms with E-state index in [0.29, 0.717) is 91.5 Å². The number of aromatic nitrogens is 3. The van der Waals surface area contributed by atoms with Crippen molar-refractivity contribution in [1.82, 2.24) is 25.2 Å². The molecule has 436 valence electrons. The van der Waals surface area contributed by atoms with Gasteiger partial charge in [0.1, 0.15) is 47.5 Å². The zero-order valence-electron chi connectivity index (χ0n) is 49.0. The lowest BCUT2D eigenvalue weighted by Gasteiger charge is -2.34. The van der Waals surface area contributed by atoms with Gasteiger partial charge in [-0.1, -0.05) is 85.9 Å². The molecule has 6 heterocycles. The summed E-state index contributed by atoms with van der Waals surface area (Å²) in [6.45, 7) is 20.9. The van der Waals surface area contributed by atoms with Gasteiger partial charge in [0.2, 0.25) is 17.7 Å². The summed E-state index contributed by atoms with van der Waals surface area (Å²) in [7, 11) is 1.73. The summed E-state index contributed by atoms with van der Waals surface area (Å²) < 4.78 is 43.5. The number of β-amino-alcohol motifs (C(OH)–C–C–N with tert-alkyl or cyclic N) is 1. The van der Waals surface area contributed by atoms with Gasteiger partial charge in [-0.05, 0) is 148 Å². The van der Waals surface area contributed by atoms with Crippen LogP contribution in [0.25, 0.3) is 32.9 Å². The molecule has 80 heavy (non-hydrogen) atoms. The molecule has 4 fully saturated rings. The fourth-order valence-electron chi connectivity index (χ4n) is 12.2. The number of carbonyl (C=O) groups is 4. The Kier molecular flexibility index (Phi) is 23.3. The summed E-state index contributed by atoms with van der Waals surface area (Å²) >= 11 is 0. The van der Waals surface area contributed by atoms with Crippen molar-refractivity contribution in [2.45, 2.75) is 188 Å². The first-order valence-electron chi connectivity index (χ1n) is 29.3. The average molecular weight is 1110 g/mol. The first-order valence-corrected chi connectivity index (χ1v) is 29.3. The number of aldehydes is 1. The van der Waals surface area contributed by atoms with Crippen molar-refractivity contribution in [2.24, 2.45) is 5.92 Å². The van der Waals surface area contributed by atoms with Crippen LogP contribution in [0.15, 0.2) is 48.7 Å². The number of rotatable bonds is 18. The molecule has 0 radical (unpaired) electrons. The number of amides is 3. The van der Waals surface area contributed by atoms with Gasteiger partial charge in [0.25, 0.3) is 0 Å². The number of aromatic hydroxyl groups is 1. The first-order chi connectivity index (χ1) is 38.5. The molecule has 0 bridgehead atoms. The van der Waals surface area contributed by atoms with E-state index in [1.807, 2.05) is 38.7 Å². The van der Waals surface area contributed by atoms with E-state index in [1.54, 1.807) is 25.0 Å². The smallest absolute Gasteiger partial charge is 0.319 e. The van der Waals surface area contributed by atoms with E-state index in [-0.39, 0.29) is 58.2 Å². The minimum atomic E-state index is -0.710. The SMILES string of the molecule is CC.CC=O.CCCC(CCC(C)CC)c1ccc(N(C(=O)CC)C2CCC(=O)NC2=O)c(C)c1.CCc1c(F)ccc2cc(O)cc(-c3ncc4c(N5CCCC(O)C5)nc(OCC56CCCN5C(COC)CC6)nc4c3F)c12. The maximum Gasteiger partial charge on any atom is 0.319 e. The Morgan fingerprint density at radius 1 is 0.988 bits per heavy atom. The predicted octanol–water partition coefficient (Wildman–Crippen LogP) is 11.9. The Labute approximate surface area is 472 Å². The number of imide groups is 1. The fourth-order valence-corrected chi connectivity index (χ4v) is 12.2. The summed E-state index contributed by atoms with van der Waals surface area (Å²) in [6, 6.07) is 12.0. The normalized spacial score (nSPS) is 20.6. The van der Waals surface area contributed by atoms with E-state index >= 15 is 4.39 Å². The van der Waals surface area contributed by atoms with E-state index in [2.05, 4.69) is 53.1 Å². The average Bonchev–Trinajstić information content (AvgIpc) is 4.06. The molecular formula is C63H87F2N7O8. The van der Waals surface area contributed by atoms with Crippen molar-refractivity contribution in [3.63, 3.8) is 0 Å². The van der Waals surface area contributed by atoms with Crippen LogP contribution in [0, 0.1) is 24.5 Å². The fraction of sp³-hybridized carbons (Fsp3) is 0.571. The van der Waals surface area contributed by atoms with Crippen molar-refractivity contribution in [1.29, 1.82) is 0 Å². The lowest BCUT2D eigenvalue weighted by Crippen LogP contribution is -2.54. The van der Waals surface area contributed by atoms with Gasteiger partial charge in [-0.3, -0.25) is 34.5 Å². The summed E-state index contributed by atoms with van der Waals surface area (Å²) in [4.78, 5) is 65.5. The minimum absolute atomic E-state index is 0.0236. The van der Waals surface area contributed by atoms with Crippen molar-refractivity contribution in [3.8, 4) is 23.0 Å². The lowest BCUT2D eigenvalue weighted by atomic mass is 9.86. The predicted molar refractivity (Wildman–Crippen MR) is 312 cm³/mol. The number of aliphatic hydroxyl groups excluding tert-OH is 1. The highest BCUT2D eigenvalue weighted by Crippen LogP contribution is 2.44. The van der Waals surface area contributed by atoms with Crippen LogP contribution in [-0.4, -0.2) is 118 Å². The quantitative estimate of drug-likeness (QED) is 0.0556. The zero-order chi connectivity index (χ0) is 58.3. The summed E-state index contributed by atoms with van der Waals surface area (Å²) in [5.41, 5.74) is 3.63. The monoisotopic (exact) mass is 1110 g/mol. The van der Waals surface area contributed by atoms with Crippen LogP contribution in [0.5, 0.6) is 11.8 Å². The highest BCUT2D eigenvalue weighted by Gasteiger charge is 2.50. The van der Waals surface area contributed by atoms with Crippen molar-refractivity contribution < 1.29 is 47.6 Å². The van der Waals surface area contributed by atoms with Gasteiger partial charge < -0.3 is 29.4 Å². The molecule has 0 aliphatic carbocycles. The molecule has 3 N–H and O–H groups in total. The number of pyridine rings is 1. The van der Waals surface area contributed by atoms with Crippen molar-refractivity contribution in [2.75, 3.05) is 49.8 Å². The molecule has 4 aliphatic rings. The third-order valence-electron chi connectivity index (χ3n) is 16.4. The number of benzene rings is 3. The van der Waals surface area contributed by atoms with Crippen LogP contribution in [0.4, 0.5) is 20.3 Å². The number of aliphatic hydroxyl groups is 1. The van der Waals surface area contributed by atoms with E-state index < -0.39 is 23.8 Å². The topological polar surface area (TPSA) is 188 Å². The summed E-state index contributed by atoms with van der Waals surface area (Å²) in [5.74, 6) is -0.228.